The van der Waals surface area contributed by atoms with E-state index in [2.05, 4.69) is 5.32 Å². The molecule has 0 saturated carbocycles. The number of nitrogens with one attached hydrogen (secondary N) is 1. The maximum Gasteiger partial charge on any atom is 0.317 e. The number of para-hydroxylation sites is 1. The third kappa shape index (κ3) is 9.35. The van der Waals surface area contributed by atoms with Gasteiger partial charge in [-0.1, -0.05) is 18.2 Å². The Morgan fingerprint density at radius 2 is 1.15 bits per heavy atom. The highest BCUT2D eigenvalue weighted by Gasteiger charge is 2.18. The molecule has 1 rings (SSSR count). The summed E-state index contributed by atoms with van der Waals surface area (Å²) in [4.78, 5) is 47.1. The van der Waals surface area contributed by atoms with E-state index in [-0.39, 0.29) is 19.6 Å². The third-order valence-electron chi connectivity index (χ3n) is 3.23. The molecule has 142 valence electrons. The Morgan fingerprint density at radius 1 is 0.731 bits per heavy atom. The maximum atomic E-state index is 12.1. The van der Waals surface area contributed by atoms with E-state index in [0.29, 0.717) is 5.69 Å². The van der Waals surface area contributed by atoms with Crippen molar-refractivity contribution in [3.05, 3.63) is 30.3 Å². The van der Waals surface area contributed by atoms with Crippen LogP contribution in [0.5, 0.6) is 0 Å². The van der Waals surface area contributed by atoms with Crippen LogP contribution in [-0.4, -0.2) is 88.2 Å². The summed E-state index contributed by atoms with van der Waals surface area (Å²) in [6.07, 6.45) is 0. The SMILES string of the molecule is O=C(O)CN(CCN(CC(=O)O)CC(=O)Nc1ccccc1)CC(=O)O. The van der Waals surface area contributed by atoms with E-state index in [1.54, 1.807) is 30.3 Å². The lowest BCUT2D eigenvalue weighted by Gasteiger charge is -2.24. The first-order chi connectivity index (χ1) is 12.3. The molecule has 0 radical (unpaired) electrons. The van der Waals surface area contributed by atoms with Gasteiger partial charge >= 0.3 is 17.9 Å². The summed E-state index contributed by atoms with van der Waals surface area (Å²) in [6.45, 7) is -1.64. The Hall–Kier alpha value is -2.98. The molecule has 1 amide bonds. The predicted octanol–water partition coefficient (Wildman–Crippen LogP) is -0.517. The monoisotopic (exact) mass is 367 g/mol. The molecular weight excluding hydrogens is 346 g/mol. The Labute approximate surface area is 149 Å². The zero-order valence-electron chi connectivity index (χ0n) is 14.0. The highest BCUT2D eigenvalue weighted by Crippen LogP contribution is 2.05. The molecule has 0 aromatic heterocycles. The van der Waals surface area contributed by atoms with Crippen LogP contribution in [0, 0.1) is 0 Å². The molecule has 0 saturated heterocycles. The molecule has 0 heterocycles. The molecule has 10 heteroatoms. The number of carbonyl (C=O) groups excluding carboxylic acids is 1. The summed E-state index contributed by atoms with van der Waals surface area (Å²) < 4.78 is 0. The normalized spacial score (nSPS) is 10.7. The molecule has 26 heavy (non-hydrogen) atoms. The Kier molecular flexibility index (Phi) is 8.75. The molecule has 0 aliphatic heterocycles. The third-order valence-corrected chi connectivity index (χ3v) is 3.23. The van der Waals surface area contributed by atoms with Crippen LogP contribution < -0.4 is 5.32 Å². The first-order valence-electron chi connectivity index (χ1n) is 7.71. The number of hydrogen-bond acceptors (Lipinski definition) is 6. The van der Waals surface area contributed by atoms with Gasteiger partial charge in [-0.2, -0.15) is 0 Å². The molecule has 0 atom stereocenters. The molecule has 0 spiro atoms. The number of carboxylic acids is 3. The van der Waals surface area contributed by atoms with E-state index in [4.69, 9.17) is 15.3 Å². The van der Waals surface area contributed by atoms with E-state index in [0.717, 1.165) is 4.90 Å². The molecule has 4 N–H and O–H groups in total. The van der Waals surface area contributed by atoms with E-state index >= 15 is 0 Å². The first-order valence-corrected chi connectivity index (χ1v) is 7.71. The van der Waals surface area contributed by atoms with E-state index in [1.807, 2.05) is 0 Å². The highest BCUT2D eigenvalue weighted by molar-refractivity contribution is 5.92. The van der Waals surface area contributed by atoms with Gasteiger partial charge < -0.3 is 20.6 Å². The van der Waals surface area contributed by atoms with Crippen LogP contribution in [0.1, 0.15) is 0 Å². The van der Waals surface area contributed by atoms with Crippen molar-refractivity contribution < 1.29 is 34.5 Å². The fourth-order valence-corrected chi connectivity index (χ4v) is 2.21. The van der Waals surface area contributed by atoms with Crippen molar-refractivity contribution in [1.29, 1.82) is 0 Å². The number of hydrogen-bond donors (Lipinski definition) is 4. The quantitative estimate of drug-likeness (QED) is 0.383. The van der Waals surface area contributed by atoms with Crippen LogP contribution in [0.4, 0.5) is 5.69 Å². The molecule has 0 aliphatic rings. The Bertz CT molecular complexity index is 620. The van der Waals surface area contributed by atoms with Crippen molar-refractivity contribution in [3.8, 4) is 0 Å². The van der Waals surface area contributed by atoms with Gasteiger partial charge in [0, 0.05) is 18.8 Å². The topological polar surface area (TPSA) is 147 Å². The van der Waals surface area contributed by atoms with Gasteiger partial charge in [-0.15, -0.1) is 0 Å². The highest BCUT2D eigenvalue weighted by atomic mass is 16.4. The average molecular weight is 367 g/mol. The van der Waals surface area contributed by atoms with Gasteiger partial charge in [0.2, 0.25) is 5.91 Å². The van der Waals surface area contributed by atoms with Crippen molar-refractivity contribution in [1.82, 2.24) is 9.80 Å². The number of benzene rings is 1. The minimum atomic E-state index is -1.20. The average Bonchev–Trinajstić information content (AvgIpc) is 2.51. The molecule has 0 aliphatic carbocycles. The summed E-state index contributed by atoms with van der Waals surface area (Å²) in [5.74, 6) is -3.98. The summed E-state index contributed by atoms with van der Waals surface area (Å²) in [7, 11) is 0. The van der Waals surface area contributed by atoms with Crippen LogP contribution in [-0.2, 0) is 19.2 Å². The lowest BCUT2D eigenvalue weighted by Crippen LogP contribution is -2.44. The van der Waals surface area contributed by atoms with Crippen molar-refractivity contribution in [2.75, 3.05) is 44.6 Å². The summed E-state index contributed by atoms with van der Waals surface area (Å²) in [5, 5.41) is 29.2. The van der Waals surface area contributed by atoms with Crippen LogP contribution in [0.3, 0.4) is 0 Å². The maximum absolute atomic E-state index is 12.1. The number of carbonyl (C=O) groups is 4. The summed E-state index contributed by atoms with van der Waals surface area (Å²) >= 11 is 0. The fourth-order valence-electron chi connectivity index (χ4n) is 2.21. The first kappa shape index (κ1) is 21.1. The van der Waals surface area contributed by atoms with Gasteiger partial charge in [-0.3, -0.25) is 29.0 Å². The summed E-state index contributed by atoms with van der Waals surface area (Å²) in [6, 6.07) is 8.62. The molecule has 0 fully saturated rings. The number of amides is 1. The second kappa shape index (κ2) is 10.8. The second-order valence-corrected chi connectivity index (χ2v) is 5.52. The smallest absolute Gasteiger partial charge is 0.317 e. The Morgan fingerprint density at radius 3 is 1.58 bits per heavy atom. The minimum absolute atomic E-state index is 0.00943. The fraction of sp³-hybridized carbons (Fsp3) is 0.375. The standard InChI is InChI=1S/C16H21N3O7/c20-13(17-12-4-2-1-3-5-12)8-18(9-14(21)22)6-7-19(10-15(23)24)11-16(25)26/h1-5H,6-11H2,(H,17,20)(H,21,22)(H,23,24)(H,25,26). The van der Waals surface area contributed by atoms with Crippen LogP contribution in [0.2, 0.25) is 0 Å². The van der Waals surface area contributed by atoms with E-state index in [1.165, 1.54) is 4.90 Å². The zero-order valence-corrected chi connectivity index (χ0v) is 14.0. The van der Waals surface area contributed by atoms with Crippen molar-refractivity contribution in [2.24, 2.45) is 0 Å². The van der Waals surface area contributed by atoms with Gasteiger partial charge in [0.1, 0.15) is 0 Å². The van der Waals surface area contributed by atoms with E-state index < -0.39 is 43.4 Å². The lowest BCUT2D eigenvalue weighted by molar-refractivity contribution is -0.143. The van der Waals surface area contributed by atoms with Crippen molar-refractivity contribution >= 4 is 29.5 Å². The van der Waals surface area contributed by atoms with Gasteiger partial charge in [-0.05, 0) is 12.1 Å². The Balaban J connectivity index is 2.63. The van der Waals surface area contributed by atoms with Crippen LogP contribution >= 0.6 is 0 Å². The number of anilines is 1. The van der Waals surface area contributed by atoms with Crippen LogP contribution in [0.15, 0.2) is 30.3 Å². The van der Waals surface area contributed by atoms with Gasteiger partial charge in [-0.25, -0.2) is 0 Å². The number of rotatable bonds is 12. The zero-order chi connectivity index (χ0) is 19.5. The van der Waals surface area contributed by atoms with Crippen LogP contribution in [0.25, 0.3) is 0 Å². The number of aliphatic carboxylic acids is 3. The molecule has 1 aromatic carbocycles. The molecule has 1 aromatic rings. The number of carboxylic acid groups (broad SMARTS) is 3. The van der Waals surface area contributed by atoms with Gasteiger partial charge in [0.15, 0.2) is 0 Å². The largest absolute Gasteiger partial charge is 0.480 e. The van der Waals surface area contributed by atoms with Gasteiger partial charge in [0.25, 0.3) is 0 Å². The molecule has 0 bridgehead atoms. The van der Waals surface area contributed by atoms with Gasteiger partial charge in [0.05, 0.1) is 26.2 Å². The molecule has 10 nitrogen and oxygen atoms in total. The molecular formula is C16H21N3O7. The minimum Gasteiger partial charge on any atom is -0.480 e. The molecule has 0 unspecified atom stereocenters. The van der Waals surface area contributed by atoms with Crippen molar-refractivity contribution in [3.63, 3.8) is 0 Å². The second-order valence-electron chi connectivity index (χ2n) is 5.52. The summed E-state index contributed by atoms with van der Waals surface area (Å²) in [5.41, 5.74) is 0.561. The number of nitrogens with zero attached hydrogens (tertiary/aromatic N) is 2. The lowest BCUT2D eigenvalue weighted by atomic mass is 10.3. The van der Waals surface area contributed by atoms with E-state index in [9.17, 15) is 19.2 Å². The van der Waals surface area contributed by atoms with Crippen molar-refractivity contribution in [2.45, 2.75) is 0 Å². The predicted molar refractivity (Wildman–Crippen MR) is 90.9 cm³/mol.